The van der Waals surface area contributed by atoms with Crippen LogP contribution in [0.2, 0.25) is 5.02 Å². The molecule has 0 bridgehead atoms. The lowest BCUT2D eigenvalue weighted by atomic mass is 10.3. The first kappa shape index (κ1) is 17.6. The van der Waals surface area contributed by atoms with Crippen molar-refractivity contribution >= 4 is 41.7 Å². The van der Waals surface area contributed by atoms with Crippen LogP contribution in [0.1, 0.15) is 13.8 Å². The van der Waals surface area contributed by atoms with Gasteiger partial charge in [0.05, 0.1) is 10.3 Å². The van der Waals surface area contributed by atoms with Gasteiger partial charge in [0.1, 0.15) is 0 Å². The molecule has 3 N–H and O–H groups in total. The second-order valence-corrected chi connectivity index (χ2v) is 5.63. The van der Waals surface area contributed by atoms with Crippen LogP contribution in [0.25, 0.3) is 0 Å². The third-order valence-electron chi connectivity index (χ3n) is 2.25. The summed E-state index contributed by atoms with van der Waals surface area (Å²) in [5.41, 5.74) is 5.45. The Morgan fingerprint density at radius 1 is 1.44 bits per heavy atom. The fraction of sp³-hybridized carbons (Fsp3) is 0.417. The molecule has 1 unspecified atom stereocenters. The van der Waals surface area contributed by atoms with E-state index >= 15 is 0 Å². The molecule has 0 spiro atoms. The number of nitrogens with one attached hydrogen (secondary N) is 1. The molecule has 0 aromatic heterocycles. The molecule has 0 radical (unpaired) electrons. The Bertz CT molecular complexity index is 390. The van der Waals surface area contributed by atoms with E-state index in [9.17, 15) is 4.79 Å². The van der Waals surface area contributed by atoms with E-state index in [1.54, 1.807) is 0 Å². The van der Waals surface area contributed by atoms with E-state index in [1.165, 1.54) is 11.8 Å². The van der Waals surface area contributed by atoms with Crippen LogP contribution in [0.3, 0.4) is 0 Å². The number of benzene rings is 1. The van der Waals surface area contributed by atoms with Gasteiger partial charge >= 0.3 is 0 Å². The highest BCUT2D eigenvalue weighted by Crippen LogP contribution is 2.29. The molecular weight excluding hydrogens is 291 g/mol. The summed E-state index contributed by atoms with van der Waals surface area (Å²) in [6, 6.07) is 7.49. The number of halogens is 2. The lowest BCUT2D eigenvalue weighted by Gasteiger charge is -2.16. The molecule has 1 aromatic rings. The standard InChI is InChI=1S/C12H17ClN2OS.ClH/c1-8(7-14)15-12(16)9(2)17-11-6-4-3-5-10(11)13;/h3-6,8-9H,7,14H2,1-2H3,(H,15,16);1H/t8-,9?;/m0./s1. The van der Waals surface area contributed by atoms with Gasteiger partial charge in [0, 0.05) is 17.5 Å². The van der Waals surface area contributed by atoms with Gasteiger partial charge in [0.2, 0.25) is 5.91 Å². The number of amides is 1. The molecule has 6 heteroatoms. The van der Waals surface area contributed by atoms with Crippen molar-refractivity contribution in [3.8, 4) is 0 Å². The van der Waals surface area contributed by atoms with Crippen LogP contribution in [-0.4, -0.2) is 23.7 Å². The van der Waals surface area contributed by atoms with Gasteiger partial charge in [0.15, 0.2) is 0 Å². The number of nitrogens with two attached hydrogens (primary N) is 1. The molecule has 0 aliphatic carbocycles. The second kappa shape index (κ2) is 8.64. The van der Waals surface area contributed by atoms with Crippen molar-refractivity contribution in [3.05, 3.63) is 29.3 Å². The number of carbonyl (C=O) groups is 1. The third kappa shape index (κ3) is 5.48. The third-order valence-corrected chi connectivity index (χ3v) is 3.87. The predicted molar refractivity (Wildman–Crippen MR) is 80.7 cm³/mol. The molecule has 0 fully saturated rings. The smallest absolute Gasteiger partial charge is 0.233 e. The Kier molecular flexibility index (Phi) is 8.44. The average molecular weight is 309 g/mol. The van der Waals surface area contributed by atoms with E-state index in [2.05, 4.69) is 5.32 Å². The molecule has 102 valence electrons. The maximum Gasteiger partial charge on any atom is 0.233 e. The Labute approximate surface area is 123 Å². The molecule has 0 aliphatic heterocycles. The predicted octanol–water partition coefficient (Wildman–Crippen LogP) is 2.71. The first-order valence-corrected chi connectivity index (χ1v) is 6.72. The maximum atomic E-state index is 11.8. The first-order chi connectivity index (χ1) is 8.04. The van der Waals surface area contributed by atoms with Gasteiger partial charge in [-0.05, 0) is 26.0 Å². The highest BCUT2D eigenvalue weighted by Gasteiger charge is 2.16. The summed E-state index contributed by atoms with van der Waals surface area (Å²) in [6.45, 7) is 4.17. The van der Waals surface area contributed by atoms with Crippen molar-refractivity contribution in [1.29, 1.82) is 0 Å². The van der Waals surface area contributed by atoms with Crippen LogP contribution in [0.4, 0.5) is 0 Å². The molecule has 0 heterocycles. The fourth-order valence-corrected chi connectivity index (χ4v) is 2.37. The Morgan fingerprint density at radius 2 is 2.06 bits per heavy atom. The summed E-state index contributed by atoms with van der Waals surface area (Å²) in [7, 11) is 0. The lowest BCUT2D eigenvalue weighted by Crippen LogP contribution is -2.41. The summed E-state index contributed by atoms with van der Waals surface area (Å²) in [6.07, 6.45) is 0. The topological polar surface area (TPSA) is 55.1 Å². The summed E-state index contributed by atoms with van der Waals surface area (Å²) >= 11 is 7.48. The van der Waals surface area contributed by atoms with E-state index in [0.29, 0.717) is 11.6 Å². The van der Waals surface area contributed by atoms with Crippen molar-refractivity contribution in [3.63, 3.8) is 0 Å². The number of hydrogen-bond donors (Lipinski definition) is 2. The highest BCUT2D eigenvalue weighted by molar-refractivity contribution is 8.00. The summed E-state index contributed by atoms with van der Waals surface area (Å²) in [5, 5.41) is 3.32. The highest BCUT2D eigenvalue weighted by atomic mass is 35.5. The number of thioether (sulfide) groups is 1. The normalized spacial score (nSPS) is 13.3. The molecule has 1 amide bonds. The maximum absolute atomic E-state index is 11.8. The number of carbonyl (C=O) groups excluding carboxylic acids is 1. The molecule has 0 saturated carbocycles. The van der Waals surface area contributed by atoms with Gasteiger partial charge in [-0.15, -0.1) is 24.2 Å². The van der Waals surface area contributed by atoms with Crippen LogP contribution in [0.5, 0.6) is 0 Å². The average Bonchev–Trinajstić information content (AvgIpc) is 2.31. The minimum atomic E-state index is -0.191. The first-order valence-electron chi connectivity index (χ1n) is 5.46. The van der Waals surface area contributed by atoms with Crippen molar-refractivity contribution in [2.24, 2.45) is 5.73 Å². The van der Waals surface area contributed by atoms with Gasteiger partial charge in [-0.2, -0.15) is 0 Å². The van der Waals surface area contributed by atoms with Crippen molar-refractivity contribution in [1.82, 2.24) is 5.32 Å². The molecule has 18 heavy (non-hydrogen) atoms. The van der Waals surface area contributed by atoms with E-state index in [0.717, 1.165) is 4.90 Å². The zero-order valence-electron chi connectivity index (χ0n) is 10.4. The van der Waals surface area contributed by atoms with Crippen molar-refractivity contribution in [2.45, 2.75) is 30.0 Å². The molecule has 3 nitrogen and oxygen atoms in total. The second-order valence-electron chi connectivity index (χ2n) is 3.84. The molecule has 1 aromatic carbocycles. The molecular formula is C12H18Cl2N2OS. The number of rotatable bonds is 5. The van der Waals surface area contributed by atoms with Crippen molar-refractivity contribution in [2.75, 3.05) is 6.54 Å². The van der Waals surface area contributed by atoms with Gasteiger partial charge in [-0.1, -0.05) is 23.7 Å². The minimum Gasteiger partial charge on any atom is -0.351 e. The van der Waals surface area contributed by atoms with Gasteiger partial charge in [-0.3, -0.25) is 4.79 Å². The van der Waals surface area contributed by atoms with Gasteiger partial charge in [-0.25, -0.2) is 0 Å². The SMILES string of the molecule is CC(Sc1ccccc1Cl)C(=O)N[C@@H](C)CN.Cl. The van der Waals surface area contributed by atoms with Crippen LogP contribution < -0.4 is 11.1 Å². The lowest BCUT2D eigenvalue weighted by molar-refractivity contribution is -0.120. The zero-order valence-corrected chi connectivity index (χ0v) is 12.7. The van der Waals surface area contributed by atoms with Crippen LogP contribution in [0, 0.1) is 0 Å². The Hall–Kier alpha value is -0.420. The minimum absolute atomic E-state index is 0. The number of hydrogen-bond acceptors (Lipinski definition) is 3. The van der Waals surface area contributed by atoms with E-state index in [4.69, 9.17) is 17.3 Å². The van der Waals surface area contributed by atoms with Crippen LogP contribution >= 0.6 is 35.8 Å². The van der Waals surface area contributed by atoms with Crippen molar-refractivity contribution < 1.29 is 4.79 Å². The molecule has 0 aliphatic rings. The molecule has 1 rings (SSSR count). The monoisotopic (exact) mass is 308 g/mol. The van der Waals surface area contributed by atoms with Crippen LogP contribution in [-0.2, 0) is 4.79 Å². The zero-order chi connectivity index (χ0) is 12.8. The van der Waals surface area contributed by atoms with Crippen LogP contribution in [0.15, 0.2) is 29.2 Å². The fourth-order valence-electron chi connectivity index (χ4n) is 1.20. The summed E-state index contributed by atoms with van der Waals surface area (Å²) < 4.78 is 0. The molecule has 0 saturated heterocycles. The Balaban J connectivity index is 0.00000289. The molecule has 2 atom stereocenters. The van der Waals surface area contributed by atoms with E-state index < -0.39 is 0 Å². The van der Waals surface area contributed by atoms with E-state index in [1.807, 2.05) is 38.1 Å². The quantitative estimate of drug-likeness (QED) is 0.822. The van der Waals surface area contributed by atoms with E-state index in [-0.39, 0.29) is 29.6 Å². The summed E-state index contributed by atoms with van der Waals surface area (Å²) in [4.78, 5) is 12.7. The van der Waals surface area contributed by atoms with Gasteiger partial charge in [0.25, 0.3) is 0 Å². The largest absolute Gasteiger partial charge is 0.351 e. The summed E-state index contributed by atoms with van der Waals surface area (Å²) in [5.74, 6) is -0.0205. The Morgan fingerprint density at radius 3 is 2.61 bits per heavy atom. The van der Waals surface area contributed by atoms with Gasteiger partial charge < -0.3 is 11.1 Å².